The molecule has 1 atom stereocenters. The highest BCUT2D eigenvalue weighted by Crippen LogP contribution is 2.11. The number of amides is 1. The Morgan fingerprint density at radius 3 is 2.80 bits per heavy atom. The zero-order valence-corrected chi connectivity index (χ0v) is 12.3. The fraction of sp³-hybridized carbons (Fsp3) is 0.500. The predicted molar refractivity (Wildman–Crippen MR) is 77.1 cm³/mol. The van der Waals surface area contributed by atoms with Gasteiger partial charge in [0.05, 0.1) is 12.2 Å². The van der Waals surface area contributed by atoms with E-state index in [0.717, 1.165) is 22.6 Å². The topological polar surface area (TPSA) is 85.3 Å². The largest absolute Gasteiger partial charge is 0.350 e. The highest BCUT2D eigenvalue weighted by molar-refractivity contribution is 5.81. The van der Waals surface area contributed by atoms with Crippen LogP contribution in [0.25, 0.3) is 5.65 Å². The average Bonchev–Trinajstić information content (AvgIpc) is 2.78. The molecule has 0 bridgehead atoms. The Morgan fingerprint density at radius 1 is 1.45 bits per heavy atom. The minimum absolute atomic E-state index is 0.113. The third-order valence-electron chi connectivity index (χ3n) is 3.33. The molecule has 0 aliphatic heterocycles. The normalized spacial score (nSPS) is 12.9. The summed E-state index contributed by atoms with van der Waals surface area (Å²) in [6.07, 6.45) is 1.73. The monoisotopic (exact) mass is 275 g/mol. The van der Waals surface area contributed by atoms with Crippen LogP contribution in [0, 0.1) is 19.8 Å². The zero-order chi connectivity index (χ0) is 14.9. The van der Waals surface area contributed by atoms with E-state index in [9.17, 15) is 4.79 Å². The molecule has 0 saturated carbocycles. The fourth-order valence-corrected chi connectivity index (χ4v) is 2.04. The maximum Gasteiger partial charge on any atom is 0.237 e. The highest BCUT2D eigenvalue weighted by Gasteiger charge is 2.17. The maximum atomic E-state index is 11.9. The minimum atomic E-state index is -0.492. The molecule has 0 fully saturated rings. The van der Waals surface area contributed by atoms with Gasteiger partial charge in [0.1, 0.15) is 0 Å². The van der Waals surface area contributed by atoms with E-state index in [1.54, 1.807) is 10.7 Å². The Morgan fingerprint density at radius 2 is 2.15 bits per heavy atom. The van der Waals surface area contributed by atoms with Gasteiger partial charge in [0.15, 0.2) is 5.65 Å². The molecule has 6 nitrogen and oxygen atoms in total. The fourth-order valence-electron chi connectivity index (χ4n) is 2.04. The number of carbonyl (C=O) groups excluding carboxylic acids is 1. The van der Waals surface area contributed by atoms with Crippen molar-refractivity contribution >= 4 is 11.6 Å². The lowest BCUT2D eigenvalue weighted by Crippen LogP contribution is -2.43. The smallest absolute Gasteiger partial charge is 0.237 e. The van der Waals surface area contributed by atoms with Crippen LogP contribution < -0.4 is 11.1 Å². The van der Waals surface area contributed by atoms with Gasteiger partial charge in [0, 0.05) is 23.5 Å². The van der Waals surface area contributed by atoms with Crippen molar-refractivity contribution < 1.29 is 4.79 Å². The van der Waals surface area contributed by atoms with Crippen LogP contribution in [0.1, 0.15) is 30.8 Å². The summed E-state index contributed by atoms with van der Waals surface area (Å²) in [5, 5.41) is 7.13. The van der Waals surface area contributed by atoms with Crippen LogP contribution in [-0.4, -0.2) is 26.5 Å². The third kappa shape index (κ3) is 2.80. The van der Waals surface area contributed by atoms with Gasteiger partial charge in [-0.05, 0) is 25.8 Å². The second kappa shape index (κ2) is 5.58. The second-order valence-electron chi connectivity index (χ2n) is 5.43. The number of carbonyl (C=O) groups is 1. The summed E-state index contributed by atoms with van der Waals surface area (Å²) < 4.78 is 1.77. The molecule has 0 aliphatic carbocycles. The number of hydrogen-bond donors (Lipinski definition) is 2. The first-order valence-corrected chi connectivity index (χ1v) is 6.74. The van der Waals surface area contributed by atoms with Gasteiger partial charge in [-0.15, -0.1) is 0 Å². The molecule has 2 rings (SSSR count). The van der Waals surface area contributed by atoms with Crippen LogP contribution in [0.15, 0.2) is 12.3 Å². The van der Waals surface area contributed by atoms with Crippen molar-refractivity contribution in [3.8, 4) is 0 Å². The first-order chi connectivity index (χ1) is 9.40. The average molecular weight is 275 g/mol. The first kappa shape index (κ1) is 14.5. The molecule has 0 aromatic carbocycles. The molecule has 1 unspecified atom stereocenters. The quantitative estimate of drug-likeness (QED) is 0.869. The summed E-state index contributed by atoms with van der Waals surface area (Å²) in [7, 11) is 0. The van der Waals surface area contributed by atoms with Gasteiger partial charge < -0.3 is 11.1 Å². The Balaban J connectivity index is 2.17. The summed E-state index contributed by atoms with van der Waals surface area (Å²) in [5.41, 5.74) is 9.43. The number of rotatable bonds is 4. The van der Waals surface area contributed by atoms with E-state index in [-0.39, 0.29) is 11.8 Å². The van der Waals surface area contributed by atoms with Crippen LogP contribution >= 0.6 is 0 Å². The number of nitrogens with two attached hydrogens (primary N) is 1. The van der Waals surface area contributed by atoms with Crippen LogP contribution in [0.3, 0.4) is 0 Å². The molecule has 0 spiro atoms. The SMILES string of the molecule is Cc1cc(C)n2ncc(CNC(=O)C(N)C(C)C)c2n1. The van der Waals surface area contributed by atoms with Crippen molar-refractivity contribution in [1.29, 1.82) is 0 Å². The number of nitrogens with zero attached hydrogens (tertiary/aromatic N) is 3. The summed E-state index contributed by atoms with van der Waals surface area (Å²) >= 11 is 0. The van der Waals surface area contributed by atoms with Crippen molar-refractivity contribution in [2.75, 3.05) is 0 Å². The predicted octanol–water partition coefficient (Wildman–Crippen LogP) is 0.946. The first-order valence-electron chi connectivity index (χ1n) is 6.74. The molecule has 0 radical (unpaired) electrons. The molecule has 2 aromatic heterocycles. The van der Waals surface area contributed by atoms with Gasteiger partial charge in [-0.25, -0.2) is 9.50 Å². The molecular weight excluding hydrogens is 254 g/mol. The van der Waals surface area contributed by atoms with Crippen LogP contribution in [0.5, 0.6) is 0 Å². The molecular formula is C14H21N5O. The van der Waals surface area contributed by atoms with E-state index < -0.39 is 6.04 Å². The number of aromatic nitrogens is 3. The zero-order valence-electron chi connectivity index (χ0n) is 12.3. The molecule has 6 heteroatoms. The van der Waals surface area contributed by atoms with Crippen molar-refractivity contribution in [2.45, 2.75) is 40.3 Å². The molecule has 108 valence electrons. The Kier molecular flexibility index (Phi) is 4.04. The van der Waals surface area contributed by atoms with Crippen LogP contribution in [0.2, 0.25) is 0 Å². The minimum Gasteiger partial charge on any atom is -0.350 e. The number of fused-ring (bicyclic) bond motifs is 1. The summed E-state index contributed by atoms with van der Waals surface area (Å²) in [6, 6.07) is 1.48. The molecule has 2 aromatic rings. The van der Waals surface area contributed by atoms with E-state index in [1.807, 2.05) is 33.8 Å². The van der Waals surface area contributed by atoms with Crippen molar-refractivity contribution in [2.24, 2.45) is 11.7 Å². The van der Waals surface area contributed by atoms with Crippen LogP contribution in [0.4, 0.5) is 0 Å². The standard InChI is InChI=1S/C14H21N5O/c1-8(2)12(15)14(20)16-6-11-7-17-19-10(4)5-9(3)18-13(11)19/h5,7-8,12H,6,15H2,1-4H3,(H,16,20). The number of hydrogen-bond acceptors (Lipinski definition) is 4. The van der Waals surface area contributed by atoms with Gasteiger partial charge in [-0.1, -0.05) is 13.8 Å². The van der Waals surface area contributed by atoms with Gasteiger partial charge in [0.25, 0.3) is 0 Å². The van der Waals surface area contributed by atoms with Crippen molar-refractivity contribution in [3.05, 3.63) is 29.2 Å². The van der Waals surface area contributed by atoms with E-state index in [2.05, 4.69) is 15.4 Å². The van der Waals surface area contributed by atoms with Gasteiger partial charge in [0.2, 0.25) is 5.91 Å². The van der Waals surface area contributed by atoms with Gasteiger partial charge in [-0.2, -0.15) is 5.10 Å². The molecule has 0 aliphatic rings. The maximum absolute atomic E-state index is 11.9. The Hall–Kier alpha value is -1.95. The second-order valence-corrected chi connectivity index (χ2v) is 5.43. The van der Waals surface area contributed by atoms with E-state index >= 15 is 0 Å². The van der Waals surface area contributed by atoms with E-state index in [4.69, 9.17) is 5.73 Å². The lowest BCUT2D eigenvalue weighted by atomic mass is 10.1. The van der Waals surface area contributed by atoms with Gasteiger partial charge >= 0.3 is 0 Å². The Labute approximate surface area is 118 Å². The molecule has 0 saturated heterocycles. The van der Waals surface area contributed by atoms with Crippen molar-refractivity contribution in [1.82, 2.24) is 19.9 Å². The lowest BCUT2D eigenvalue weighted by Gasteiger charge is -2.14. The molecule has 3 N–H and O–H groups in total. The van der Waals surface area contributed by atoms with E-state index in [0.29, 0.717) is 6.54 Å². The molecule has 1 amide bonds. The molecule has 2 heterocycles. The van der Waals surface area contributed by atoms with E-state index in [1.165, 1.54) is 0 Å². The van der Waals surface area contributed by atoms with Crippen molar-refractivity contribution in [3.63, 3.8) is 0 Å². The van der Waals surface area contributed by atoms with Gasteiger partial charge in [-0.3, -0.25) is 4.79 Å². The number of nitrogens with one attached hydrogen (secondary N) is 1. The summed E-state index contributed by atoms with van der Waals surface area (Å²) in [5.74, 6) is -0.0368. The Bertz CT molecular complexity index is 632. The summed E-state index contributed by atoms with van der Waals surface area (Å²) in [6.45, 7) is 8.16. The van der Waals surface area contributed by atoms with Crippen LogP contribution in [-0.2, 0) is 11.3 Å². The highest BCUT2D eigenvalue weighted by atomic mass is 16.2. The lowest BCUT2D eigenvalue weighted by molar-refractivity contribution is -0.123. The summed E-state index contributed by atoms with van der Waals surface area (Å²) in [4.78, 5) is 16.3. The number of aryl methyl sites for hydroxylation is 2. The third-order valence-corrected chi connectivity index (χ3v) is 3.33. The molecule has 20 heavy (non-hydrogen) atoms.